The number of hydrogen-bond donors (Lipinski definition) is 1. The number of nitrogens with two attached hydrogens (primary N) is 1. The highest BCUT2D eigenvalue weighted by molar-refractivity contribution is 5.02. The minimum absolute atomic E-state index is 0.0806. The van der Waals surface area contributed by atoms with Crippen molar-refractivity contribution >= 4 is 0 Å². The summed E-state index contributed by atoms with van der Waals surface area (Å²) in [6.45, 7) is 11.3. The summed E-state index contributed by atoms with van der Waals surface area (Å²) in [5.41, 5.74) is 6.06. The zero-order chi connectivity index (χ0) is 15.0. The Labute approximate surface area is 124 Å². The Balaban J connectivity index is 2.21. The zero-order valence-corrected chi connectivity index (χ0v) is 13.9. The van der Waals surface area contributed by atoms with Crippen LogP contribution < -0.4 is 5.73 Å². The summed E-state index contributed by atoms with van der Waals surface area (Å²) in [4.78, 5) is 2.58. The molecule has 0 radical (unpaired) electrons. The Hall–Kier alpha value is -0.160. The quantitative estimate of drug-likeness (QED) is 0.863. The smallest absolute Gasteiger partial charge is 0.0761 e. The second kappa shape index (κ2) is 5.56. The highest BCUT2D eigenvalue weighted by atomic mass is 16.5. The first-order valence-corrected chi connectivity index (χ1v) is 7.90. The Morgan fingerprint density at radius 2 is 1.80 bits per heavy atom. The van der Waals surface area contributed by atoms with Gasteiger partial charge in [-0.25, -0.2) is 0 Å². The molecule has 0 aromatic rings. The Morgan fingerprint density at radius 1 is 1.20 bits per heavy atom. The fourth-order valence-corrected chi connectivity index (χ4v) is 4.21. The van der Waals surface area contributed by atoms with Gasteiger partial charge >= 0.3 is 0 Å². The van der Waals surface area contributed by atoms with Crippen LogP contribution in [0.3, 0.4) is 0 Å². The van der Waals surface area contributed by atoms with Gasteiger partial charge in [-0.15, -0.1) is 0 Å². The second-order valence-corrected chi connectivity index (χ2v) is 7.86. The highest BCUT2D eigenvalue weighted by Crippen LogP contribution is 2.39. The molecular formula is C16H32N2O2. The lowest BCUT2D eigenvalue weighted by Crippen LogP contribution is -2.67. The molecule has 1 saturated heterocycles. The topological polar surface area (TPSA) is 47.7 Å². The maximum Gasteiger partial charge on any atom is 0.0761 e. The van der Waals surface area contributed by atoms with Crippen LogP contribution in [0.15, 0.2) is 0 Å². The molecular weight excluding hydrogens is 252 g/mol. The molecule has 1 saturated carbocycles. The largest absolute Gasteiger partial charge is 0.381 e. The van der Waals surface area contributed by atoms with Crippen LogP contribution in [0.5, 0.6) is 0 Å². The molecule has 2 atom stereocenters. The number of methoxy groups -OCH3 is 1. The van der Waals surface area contributed by atoms with Crippen molar-refractivity contribution in [1.29, 1.82) is 0 Å². The van der Waals surface area contributed by atoms with Crippen molar-refractivity contribution in [2.45, 2.75) is 76.2 Å². The van der Waals surface area contributed by atoms with Gasteiger partial charge in [-0.05, 0) is 53.4 Å². The fraction of sp³-hybridized carbons (Fsp3) is 1.00. The molecule has 1 heterocycles. The zero-order valence-electron chi connectivity index (χ0n) is 13.9. The first kappa shape index (κ1) is 16.2. The summed E-state index contributed by atoms with van der Waals surface area (Å²) in [6, 6.07) is 0. The van der Waals surface area contributed by atoms with Gasteiger partial charge in [0.15, 0.2) is 0 Å². The number of rotatable bonds is 3. The molecule has 4 nitrogen and oxygen atoms in total. The SMILES string of the molecule is COC1CCCC(CN)(N2CC(C)(C)OC(C)(C)C2)C1. The van der Waals surface area contributed by atoms with E-state index in [-0.39, 0.29) is 16.7 Å². The van der Waals surface area contributed by atoms with Gasteiger partial charge in [-0.2, -0.15) is 0 Å². The average molecular weight is 284 g/mol. The first-order chi connectivity index (χ1) is 9.22. The van der Waals surface area contributed by atoms with Crippen LogP contribution in [-0.4, -0.2) is 54.5 Å². The molecule has 0 aromatic carbocycles. The van der Waals surface area contributed by atoms with Crippen LogP contribution in [0.25, 0.3) is 0 Å². The molecule has 2 rings (SSSR count). The molecule has 4 heteroatoms. The fourth-order valence-electron chi connectivity index (χ4n) is 4.21. The molecule has 118 valence electrons. The molecule has 0 amide bonds. The van der Waals surface area contributed by atoms with Crippen molar-refractivity contribution in [2.75, 3.05) is 26.7 Å². The second-order valence-electron chi connectivity index (χ2n) is 7.86. The van der Waals surface area contributed by atoms with Crippen molar-refractivity contribution in [1.82, 2.24) is 4.90 Å². The number of morpholine rings is 1. The molecule has 2 aliphatic rings. The van der Waals surface area contributed by atoms with Crippen molar-refractivity contribution in [3.8, 4) is 0 Å². The van der Waals surface area contributed by atoms with E-state index in [1.54, 1.807) is 0 Å². The number of ether oxygens (including phenoxy) is 2. The predicted octanol–water partition coefficient (Wildman–Crippen LogP) is 2.16. The predicted molar refractivity (Wildman–Crippen MR) is 81.9 cm³/mol. The van der Waals surface area contributed by atoms with Crippen LogP contribution in [0.1, 0.15) is 53.4 Å². The van der Waals surface area contributed by atoms with Crippen molar-refractivity contribution in [2.24, 2.45) is 5.73 Å². The summed E-state index contributed by atoms with van der Waals surface area (Å²) in [5.74, 6) is 0. The summed E-state index contributed by atoms with van der Waals surface area (Å²) in [5, 5.41) is 0. The lowest BCUT2D eigenvalue weighted by atomic mass is 9.77. The van der Waals surface area contributed by atoms with Crippen LogP contribution in [0, 0.1) is 0 Å². The maximum absolute atomic E-state index is 6.23. The van der Waals surface area contributed by atoms with E-state index >= 15 is 0 Å². The van der Waals surface area contributed by atoms with E-state index in [9.17, 15) is 0 Å². The molecule has 1 aliphatic heterocycles. The van der Waals surface area contributed by atoms with E-state index in [0.717, 1.165) is 25.9 Å². The molecule has 0 aromatic heterocycles. The normalized spacial score (nSPS) is 37.8. The third-order valence-electron chi connectivity index (χ3n) is 4.86. The maximum atomic E-state index is 6.23. The minimum atomic E-state index is -0.121. The van der Waals surface area contributed by atoms with Crippen molar-refractivity contribution in [3.63, 3.8) is 0 Å². The third-order valence-corrected chi connectivity index (χ3v) is 4.86. The molecule has 0 spiro atoms. The molecule has 2 N–H and O–H groups in total. The van der Waals surface area contributed by atoms with E-state index in [1.807, 2.05) is 7.11 Å². The number of nitrogens with zero attached hydrogens (tertiary/aromatic N) is 1. The number of hydrogen-bond acceptors (Lipinski definition) is 4. The van der Waals surface area contributed by atoms with Crippen LogP contribution in [0.4, 0.5) is 0 Å². The Kier molecular flexibility index (Phi) is 4.51. The molecule has 1 aliphatic carbocycles. The van der Waals surface area contributed by atoms with E-state index in [4.69, 9.17) is 15.2 Å². The Bertz CT molecular complexity index is 327. The third kappa shape index (κ3) is 3.35. The van der Waals surface area contributed by atoms with Gasteiger partial charge in [0.2, 0.25) is 0 Å². The van der Waals surface area contributed by atoms with Crippen LogP contribution in [0.2, 0.25) is 0 Å². The first-order valence-electron chi connectivity index (χ1n) is 7.90. The van der Waals surface area contributed by atoms with Crippen molar-refractivity contribution in [3.05, 3.63) is 0 Å². The molecule has 0 bridgehead atoms. The molecule has 2 fully saturated rings. The van der Waals surface area contributed by atoms with E-state index in [0.29, 0.717) is 12.6 Å². The van der Waals surface area contributed by atoms with Gasteiger partial charge in [0, 0.05) is 32.3 Å². The lowest BCUT2D eigenvalue weighted by Gasteiger charge is -2.56. The average Bonchev–Trinajstić information content (AvgIpc) is 2.35. The molecule has 20 heavy (non-hydrogen) atoms. The molecule has 2 unspecified atom stereocenters. The summed E-state index contributed by atoms with van der Waals surface area (Å²) < 4.78 is 11.8. The minimum Gasteiger partial charge on any atom is -0.381 e. The summed E-state index contributed by atoms with van der Waals surface area (Å²) in [6.07, 6.45) is 4.94. The summed E-state index contributed by atoms with van der Waals surface area (Å²) >= 11 is 0. The highest BCUT2D eigenvalue weighted by Gasteiger charge is 2.48. The van der Waals surface area contributed by atoms with Gasteiger partial charge in [0.1, 0.15) is 0 Å². The van der Waals surface area contributed by atoms with Crippen LogP contribution >= 0.6 is 0 Å². The standard InChI is InChI=1S/C16H32N2O2/c1-14(2)11-18(12-15(3,4)20-14)16(10-17)8-6-7-13(9-16)19-5/h13H,6-12,17H2,1-5H3. The van der Waals surface area contributed by atoms with E-state index in [2.05, 4.69) is 32.6 Å². The van der Waals surface area contributed by atoms with E-state index < -0.39 is 0 Å². The van der Waals surface area contributed by atoms with Gasteiger partial charge in [0.25, 0.3) is 0 Å². The monoisotopic (exact) mass is 284 g/mol. The van der Waals surface area contributed by atoms with Gasteiger partial charge < -0.3 is 15.2 Å². The lowest BCUT2D eigenvalue weighted by molar-refractivity contribution is -0.205. The Morgan fingerprint density at radius 3 is 2.30 bits per heavy atom. The van der Waals surface area contributed by atoms with Gasteiger partial charge in [-0.1, -0.05) is 0 Å². The summed E-state index contributed by atoms with van der Waals surface area (Å²) in [7, 11) is 1.82. The van der Waals surface area contributed by atoms with Crippen molar-refractivity contribution < 1.29 is 9.47 Å². The van der Waals surface area contributed by atoms with Gasteiger partial charge in [0.05, 0.1) is 17.3 Å². The van der Waals surface area contributed by atoms with Crippen LogP contribution in [-0.2, 0) is 9.47 Å². The van der Waals surface area contributed by atoms with Gasteiger partial charge in [-0.3, -0.25) is 4.90 Å². The van der Waals surface area contributed by atoms with E-state index in [1.165, 1.54) is 12.8 Å².